The summed E-state index contributed by atoms with van der Waals surface area (Å²) < 4.78 is 0.989. The SMILES string of the molecule is CCCNC(Cc1cccc(Cl)c1)c1cc(Cl)c(Br)s1. The van der Waals surface area contributed by atoms with Crippen molar-refractivity contribution in [3.63, 3.8) is 0 Å². The Balaban J connectivity index is 2.19. The number of thiophene rings is 1. The quantitative estimate of drug-likeness (QED) is 0.625. The molecule has 20 heavy (non-hydrogen) atoms. The monoisotopic (exact) mass is 391 g/mol. The Hall–Kier alpha value is -0.0600. The Bertz CT molecular complexity index is 551. The van der Waals surface area contributed by atoms with Crippen LogP contribution >= 0.6 is 50.5 Å². The molecule has 1 nitrogen and oxygen atoms in total. The van der Waals surface area contributed by atoms with Gasteiger partial charge in [-0.3, -0.25) is 0 Å². The highest BCUT2D eigenvalue weighted by Gasteiger charge is 2.16. The van der Waals surface area contributed by atoms with Gasteiger partial charge in [0.15, 0.2) is 0 Å². The standard InChI is InChI=1S/C15H16BrCl2NS/c1-2-6-19-13(14-9-12(18)15(16)20-14)8-10-4-3-5-11(17)7-10/h3-5,7,9,13,19H,2,6,8H2,1H3. The molecule has 0 aliphatic carbocycles. The number of benzene rings is 1. The van der Waals surface area contributed by atoms with Gasteiger partial charge in [0, 0.05) is 15.9 Å². The van der Waals surface area contributed by atoms with Crippen LogP contribution in [0.4, 0.5) is 0 Å². The molecular formula is C15H16BrCl2NS. The molecule has 0 saturated carbocycles. The molecule has 0 saturated heterocycles. The Kier molecular flexibility index (Phi) is 6.37. The lowest BCUT2D eigenvalue weighted by Crippen LogP contribution is -2.23. The third-order valence-corrected chi connectivity index (χ3v) is 5.80. The van der Waals surface area contributed by atoms with Gasteiger partial charge in [-0.15, -0.1) is 11.3 Å². The van der Waals surface area contributed by atoms with Crippen LogP contribution in [0.25, 0.3) is 0 Å². The van der Waals surface area contributed by atoms with E-state index in [4.69, 9.17) is 23.2 Å². The van der Waals surface area contributed by atoms with Crippen LogP contribution in [-0.2, 0) is 6.42 Å². The van der Waals surface area contributed by atoms with Gasteiger partial charge in [0.2, 0.25) is 0 Å². The van der Waals surface area contributed by atoms with E-state index in [1.54, 1.807) is 11.3 Å². The van der Waals surface area contributed by atoms with Gasteiger partial charge in [-0.05, 0) is 59.1 Å². The van der Waals surface area contributed by atoms with E-state index in [0.717, 1.165) is 33.2 Å². The zero-order valence-electron chi connectivity index (χ0n) is 11.1. The zero-order valence-corrected chi connectivity index (χ0v) is 15.0. The average molecular weight is 393 g/mol. The topological polar surface area (TPSA) is 12.0 Å². The largest absolute Gasteiger partial charge is 0.309 e. The van der Waals surface area contributed by atoms with Gasteiger partial charge < -0.3 is 5.32 Å². The van der Waals surface area contributed by atoms with Crippen LogP contribution in [0, 0.1) is 0 Å². The number of hydrogen-bond acceptors (Lipinski definition) is 2. The maximum Gasteiger partial charge on any atom is 0.0887 e. The molecule has 1 N–H and O–H groups in total. The Morgan fingerprint density at radius 1 is 1.30 bits per heavy atom. The summed E-state index contributed by atoms with van der Waals surface area (Å²) in [7, 11) is 0. The van der Waals surface area contributed by atoms with Gasteiger partial charge in [-0.25, -0.2) is 0 Å². The van der Waals surface area contributed by atoms with Crippen LogP contribution in [-0.4, -0.2) is 6.54 Å². The minimum Gasteiger partial charge on any atom is -0.309 e. The predicted molar refractivity (Wildman–Crippen MR) is 93.2 cm³/mol. The molecule has 2 rings (SSSR count). The molecule has 0 bridgehead atoms. The summed E-state index contributed by atoms with van der Waals surface area (Å²) in [5.74, 6) is 0. The maximum atomic E-state index is 6.15. The summed E-state index contributed by atoms with van der Waals surface area (Å²) in [4.78, 5) is 1.25. The highest BCUT2D eigenvalue weighted by molar-refractivity contribution is 9.11. The molecule has 1 aromatic carbocycles. The van der Waals surface area contributed by atoms with Gasteiger partial charge in [0.05, 0.1) is 8.81 Å². The van der Waals surface area contributed by atoms with E-state index < -0.39 is 0 Å². The fourth-order valence-corrected chi connectivity index (χ4v) is 4.06. The number of rotatable bonds is 6. The fourth-order valence-electron chi connectivity index (χ4n) is 2.03. The lowest BCUT2D eigenvalue weighted by Gasteiger charge is -2.17. The van der Waals surface area contributed by atoms with Gasteiger partial charge in [0.1, 0.15) is 0 Å². The zero-order chi connectivity index (χ0) is 14.5. The first kappa shape index (κ1) is 16.3. The van der Waals surface area contributed by atoms with E-state index in [9.17, 15) is 0 Å². The van der Waals surface area contributed by atoms with E-state index in [-0.39, 0.29) is 6.04 Å². The first-order chi connectivity index (χ1) is 9.60. The minimum absolute atomic E-state index is 0.266. The van der Waals surface area contributed by atoms with Crippen molar-refractivity contribution in [1.29, 1.82) is 0 Å². The molecule has 1 heterocycles. The van der Waals surface area contributed by atoms with Crippen molar-refractivity contribution in [3.8, 4) is 0 Å². The smallest absolute Gasteiger partial charge is 0.0887 e. The van der Waals surface area contributed by atoms with Crippen molar-refractivity contribution in [2.45, 2.75) is 25.8 Å². The van der Waals surface area contributed by atoms with E-state index in [2.05, 4.69) is 34.2 Å². The third-order valence-electron chi connectivity index (χ3n) is 2.98. The molecule has 0 spiro atoms. The summed E-state index contributed by atoms with van der Waals surface area (Å²) in [5.41, 5.74) is 1.23. The van der Waals surface area contributed by atoms with Crippen molar-refractivity contribution in [2.24, 2.45) is 0 Å². The molecule has 1 atom stereocenters. The van der Waals surface area contributed by atoms with Crippen LogP contribution in [0.15, 0.2) is 34.1 Å². The molecule has 2 aromatic rings. The van der Waals surface area contributed by atoms with Crippen LogP contribution in [0.5, 0.6) is 0 Å². The highest BCUT2D eigenvalue weighted by Crippen LogP contribution is 2.36. The number of halogens is 3. The first-order valence-electron chi connectivity index (χ1n) is 6.52. The second-order valence-corrected chi connectivity index (χ2v) is 7.86. The molecule has 0 fully saturated rings. The van der Waals surface area contributed by atoms with Crippen LogP contribution < -0.4 is 5.32 Å². The van der Waals surface area contributed by atoms with Crippen molar-refractivity contribution in [2.75, 3.05) is 6.54 Å². The molecule has 0 aliphatic rings. The number of nitrogens with one attached hydrogen (secondary N) is 1. The summed E-state index contributed by atoms with van der Waals surface area (Å²) >= 11 is 17.4. The summed E-state index contributed by atoms with van der Waals surface area (Å²) in [6.07, 6.45) is 2.01. The predicted octanol–water partition coefficient (Wildman–Crippen LogP) is 6.10. The van der Waals surface area contributed by atoms with Gasteiger partial charge in [0.25, 0.3) is 0 Å². The Labute approximate surface area is 142 Å². The highest BCUT2D eigenvalue weighted by atomic mass is 79.9. The number of hydrogen-bond donors (Lipinski definition) is 1. The van der Waals surface area contributed by atoms with E-state index in [1.807, 2.05) is 24.3 Å². The maximum absolute atomic E-state index is 6.15. The molecule has 5 heteroatoms. The van der Waals surface area contributed by atoms with Crippen molar-refractivity contribution < 1.29 is 0 Å². The molecule has 1 aromatic heterocycles. The molecule has 0 aliphatic heterocycles. The summed E-state index contributed by atoms with van der Waals surface area (Å²) in [6.45, 7) is 3.15. The molecule has 1 unspecified atom stereocenters. The van der Waals surface area contributed by atoms with Crippen LogP contribution in [0.1, 0.15) is 29.8 Å². The lowest BCUT2D eigenvalue weighted by atomic mass is 10.0. The van der Waals surface area contributed by atoms with Gasteiger partial charge in [-0.2, -0.15) is 0 Å². The average Bonchev–Trinajstić information content (AvgIpc) is 2.74. The Morgan fingerprint density at radius 2 is 2.10 bits per heavy atom. The summed E-state index contributed by atoms with van der Waals surface area (Å²) in [6, 6.07) is 10.3. The van der Waals surface area contributed by atoms with E-state index in [1.165, 1.54) is 10.4 Å². The second kappa shape index (κ2) is 7.81. The van der Waals surface area contributed by atoms with E-state index in [0.29, 0.717) is 0 Å². The molecule has 0 radical (unpaired) electrons. The van der Waals surface area contributed by atoms with Crippen molar-refractivity contribution in [3.05, 3.63) is 54.6 Å². The van der Waals surface area contributed by atoms with Crippen molar-refractivity contribution >= 4 is 50.5 Å². The molecule has 0 amide bonds. The summed E-state index contributed by atoms with van der Waals surface area (Å²) in [5, 5.41) is 5.14. The van der Waals surface area contributed by atoms with Gasteiger partial charge in [-0.1, -0.05) is 42.3 Å². The normalized spacial score (nSPS) is 12.6. The van der Waals surface area contributed by atoms with Crippen molar-refractivity contribution in [1.82, 2.24) is 5.32 Å². The second-order valence-electron chi connectivity index (χ2n) is 4.61. The third kappa shape index (κ3) is 4.47. The Morgan fingerprint density at radius 3 is 2.70 bits per heavy atom. The molecular weight excluding hydrogens is 377 g/mol. The van der Waals surface area contributed by atoms with Crippen LogP contribution in [0.3, 0.4) is 0 Å². The fraction of sp³-hybridized carbons (Fsp3) is 0.333. The van der Waals surface area contributed by atoms with Crippen LogP contribution in [0.2, 0.25) is 10.0 Å². The lowest BCUT2D eigenvalue weighted by molar-refractivity contribution is 0.536. The minimum atomic E-state index is 0.266. The first-order valence-corrected chi connectivity index (χ1v) is 8.89. The molecule has 108 valence electrons. The van der Waals surface area contributed by atoms with Gasteiger partial charge >= 0.3 is 0 Å². The van der Waals surface area contributed by atoms with E-state index >= 15 is 0 Å².